The van der Waals surface area contributed by atoms with Gasteiger partial charge in [-0.05, 0) is 29.2 Å². The Labute approximate surface area is 170 Å². The third kappa shape index (κ3) is 3.42. The second kappa shape index (κ2) is 7.13. The number of nitrogens with one attached hydrogen (secondary N) is 1. The average molecular weight is 409 g/mol. The van der Waals surface area contributed by atoms with E-state index in [4.69, 9.17) is 4.74 Å². The molecular formula is C21H30NO3S2. The fourth-order valence-electron chi connectivity index (χ4n) is 4.81. The first-order valence-electron chi connectivity index (χ1n) is 9.88. The van der Waals surface area contributed by atoms with Gasteiger partial charge in [0.2, 0.25) is 0 Å². The lowest BCUT2D eigenvalue weighted by atomic mass is 9.78. The zero-order valence-corrected chi connectivity index (χ0v) is 18.2. The van der Waals surface area contributed by atoms with Crippen molar-refractivity contribution in [3.05, 3.63) is 28.8 Å². The molecule has 0 bridgehead atoms. The number of hydrogen-bond acceptors (Lipinski definition) is 5. The lowest BCUT2D eigenvalue weighted by Crippen LogP contribution is -2.40. The second-order valence-corrected chi connectivity index (χ2v) is 12.0. The molecule has 1 radical (unpaired) electrons. The SMILES string of the molecule is CC1(C)c2cc3c(cc2C(C)(C)C1[O])OC(C(O)CNCC1CCSS1)C3. The van der Waals surface area contributed by atoms with Crippen molar-refractivity contribution in [2.75, 3.05) is 18.8 Å². The van der Waals surface area contributed by atoms with Crippen molar-refractivity contribution >= 4 is 21.6 Å². The maximum absolute atomic E-state index is 12.9. The van der Waals surface area contributed by atoms with E-state index in [2.05, 4.69) is 31.3 Å². The van der Waals surface area contributed by atoms with Crippen molar-refractivity contribution in [1.82, 2.24) is 5.32 Å². The number of benzene rings is 1. The van der Waals surface area contributed by atoms with Crippen LogP contribution in [0.4, 0.5) is 0 Å². The van der Waals surface area contributed by atoms with Gasteiger partial charge in [0.25, 0.3) is 0 Å². The zero-order valence-electron chi connectivity index (χ0n) is 16.6. The minimum absolute atomic E-state index is 0.213. The summed E-state index contributed by atoms with van der Waals surface area (Å²) in [6.45, 7) is 9.67. The van der Waals surface area contributed by atoms with Crippen LogP contribution in [0.2, 0.25) is 0 Å². The predicted octanol–water partition coefficient (Wildman–Crippen LogP) is 3.46. The van der Waals surface area contributed by atoms with E-state index in [9.17, 15) is 10.2 Å². The Morgan fingerprint density at radius 3 is 2.63 bits per heavy atom. The van der Waals surface area contributed by atoms with Crippen LogP contribution in [0.3, 0.4) is 0 Å². The Hall–Kier alpha value is -0.400. The molecule has 4 atom stereocenters. The Morgan fingerprint density at radius 2 is 1.96 bits per heavy atom. The number of fused-ring (bicyclic) bond motifs is 2. The first-order valence-corrected chi connectivity index (χ1v) is 12.3. The van der Waals surface area contributed by atoms with E-state index in [0.717, 1.165) is 29.0 Å². The van der Waals surface area contributed by atoms with Gasteiger partial charge in [0, 0.05) is 41.3 Å². The van der Waals surface area contributed by atoms with Gasteiger partial charge in [0.15, 0.2) is 0 Å². The van der Waals surface area contributed by atoms with Gasteiger partial charge >= 0.3 is 0 Å². The third-order valence-corrected chi connectivity index (χ3v) is 9.42. The molecule has 4 nitrogen and oxygen atoms in total. The van der Waals surface area contributed by atoms with E-state index in [-0.39, 0.29) is 11.5 Å². The van der Waals surface area contributed by atoms with Crippen LogP contribution in [0, 0.1) is 0 Å². The summed E-state index contributed by atoms with van der Waals surface area (Å²) in [6, 6.07) is 4.23. The number of aliphatic hydroxyl groups is 1. The summed E-state index contributed by atoms with van der Waals surface area (Å²) in [4.78, 5) is 0. The highest BCUT2D eigenvalue weighted by atomic mass is 33.1. The Bertz CT molecular complexity index is 671. The molecule has 27 heavy (non-hydrogen) atoms. The van der Waals surface area contributed by atoms with Gasteiger partial charge in [0.05, 0.1) is 0 Å². The zero-order chi connectivity index (χ0) is 19.4. The van der Waals surface area contributed by atoms with E-state index < -0.39 is 17.6 Å². The third-order valence-electron chi connectivity index (χ3n) is 6.48. The molecule has 149 valence electrons. The van der Waals surface area contributed by atoms with Crippen LogP contribution in [0.15, 0.2) is 12.1 Å². The van der Waals surface area contributed by atoms with E-state index >= 15 is 0 Å². The highest BCUT2D eigenvalue weighted by Crippen LogP contribution is 2.52. The monoisotopic (exact) mass is 408 g/mol. The van der Waals surface area contributed by atoms with Crippen molar-refractivity contribution < 1.29 is 14.9 Å². The fourth-order valence-corrected chi connectivity index (χ4v) is 7.68. The first kappa shape index (κ1) is 19.9. The molecule has 2 heterocycles. The van der Waals surface area contributed by atoms with Gasteiger partial charge in [-0.15, -0.1) is 0 Å². The summed E-state index contributed by atoms with van der Waals surface area (Å²) < 4.78 is 6.11. The van der Waals surface area contributed by atoms with Crippen molar-refractivity contribution in [2.45, 2.75) is 74.9 Å². The normalized spacial score (nSPS) is 31.4. The molecule has 0 aromatic heterocycles. The summed E-state index contributed by atoms with van der Waals surface area (Å²) in [7, 11) is 3.88. The number of rotatable bonds is 5. The highest BCUT2D eigenvalue weighted by molar-refractivity contribution is 8.77. The molecular weight excluding hydrogens is 378 g/mol. The lowest BCUT2D eigenvalue weighted by molar-refractivity contribution is -0.00624. The van der Waals surface area contributed by atoms with Gasteiger partial charge in [-0.25, -0.2) is 5.11 Å². The molecule has 1 saturated heterocycles. The van der Waals surface area contributed by atoms with Crippen molar-refractivity contribution in [3.8, 4) is 5.75 Å². The van der Waals surface area contributed by atoms with E-state index in [1.807, 2.05) is 35.4 Å². The number of ether oxygens (including phenoxy) is 1. The second-order valence-electron chi connectivity index (χ2n) is 9.24. The van der Waals surface area contributed by atoms with Gasteiger partial charge in [-0.1, -0.05) is 55.3 Å². The fraction of sp³-hybridized carbons (Fsp3) is 0.714. The summed E-state index contributed by atoms with van der Waals surface area (Å²) in [6.07, 6.45) is 0.537. The minimum Gasteiger partial charge on any atom is -0.487 e. The summed E-state index contributed by atoms with van der Waals surface area (Å²) in [5.41, 5.74) is 2.59. The van der Waals surface area contributed by atoms with Crippen LogP contribution in [0.1, 0.15) is 50.8 Å². The molecule has 0 saturated carbocycles. The van der Waals surface area contributed by atoms with Crippen LogP contribution in [0.25, 0.3) is 0 Å². The molecule has 2 aliphatic heterocycles. The van der Waals surface area contributed by atoms with Gasteiger partial charge < -0.3 is 15.2 Å². The van der Waals surface area contributed by atoms with Crippen LogP contribution in [-0.2, 0) is 22.4 Å². The van der Waals surface area contributed by atoms with Crippen LogP contribution < -0.4 is 10.1 Å². The highest BCUT2D eigenvalue weighted by Gasteiger charge is 2.52. The Morgan fingerprint density at radius 1 is 1.26 bits per heavy atom. The molecule has 2 N–H and O–H groups in total. The Balaban J connectivity index is 1.44. The molecule has 4 unspecified atom stereocenters. The lowest BCUT2D eigenvalue weighted by Gasteiger charge is -2.29. The van der Waals surface area contributed by atoms with Crippen molar-refractivity contribution in [3.63, 3.8) is 0 Å². The quantitative estimate of drug-likeness (QED) is 0.731. The molecule has 1 aromatic rings. The molecule has 1 aromatic carbocycles. The molecule has 6 heteroatoms. The standard InChI is InChI=1S/C21H30NO3S2/c1-20(2)14-7-12-8-18(16(23)11-22-10-13-5-6-26-27-13)25-17(12)9-15(14)21(3,4)19(20)24/h7,9,13,16,18-19,22-23H,5-6,8,10-11H2,1-4H3. The van der Waals surface area contributed by atoms with Gasteiger partial charge in [-0.2, -0.15) is 0 Å². The number of aliphatic hydroxyl groups excluding tert-OH is 1. The number of hydrogen-bond donors (Lipinski definition) is 2. The van der Waals surface area contributed by atoms with Crippen molar-refractivity contribution in [1.29, 1.82) is 0 Å². The molecule has 0 spiro atoms. The molecule has 1 aliphatic carbocycles. The van der Waals surface area contributed by atoms with Crippen LogP contribution in [-0.4, -0.2) is 47.5 Å². The summed E-state index contributed by atoms with van der Waals surface area (Å²) >= 11 is 0. The van der Waals surface area contributed by atoms with Gasteiger partial charge in [0.1, 0.15) is 24.1 Å². The van der Waals surface area contributed by atoms with Crippen LogP contribution in [0.5, 0.6) is 5.75 Å². The van der Waals surface area contributed by atoms with E-state index in [1.165, 1.54) is 12.2 Å². The molecule has 0 amide bonds. The van der Waals surface area contributed by atoms with Crippen LogP contribution >= 0.6 is 21.6 Å². The largest absolute Gasteiger partial charge is 0.487 e. The van der Waals surface area contributed by atoms with E-state index in [1.54, 1.807) is 0 Å². The predicted molar refractivity (Wildman–Crippen MR) is 112 cm³/mol. The minimum atomic E-state index is -0.667. The average Bonchev–Trinajstić information content (AvgIpc) is 3.30. The smallest absolute Gasteiger partial charge is 0.130 e. The van der Waals surface area contributed by atoms with E-state index in [0.29, 0.717) is 18.2 Å². The first-order chi connectivity index (χ1) is 12.7. The summed E-state index contributed by atoms with van der Waals surface area (Å²) in [5, 5.41) is 27.6. The topological polar surface area (TPSA) is 61.4 Å². The maximum atomic E-state index is 12.9. The maximum Gasteiger partial charge on any atom is 0.130 e. The molecule has 1 fully saturated rings. The van der Waals surface area contributed by atoms with Gasteiger partial charge in [-0.3, -0.25) is 0 Å². The molecule has 3 aliphatic rings. The molecule has 4 rings (SSSR count). The summed E-state index contributed by atoms with van der Waals surface area (Å²) in [5.74, 6) is 2.07. The van der Waals surface area contributed by atoms with Crippen molar-refractivity contribution in [2.24, 2.45) is 0 Å². The Kier molecular flexibility index (Phi) is 5.26.